The number of likely N-dealkylation sites (tertiary alicyclic amines) is 2. The Bertz CT molecular complexity index is 2230. The molecule has 0 spiro atoms. The molecule has 0 bridgehead atoms. The molecule has 57 heavy (non-hydrogen) atoms. The van der Waals surface area contributed by atoms with Crippen molar-refractivity contribution >= 4 is 40.4 Å². The summed E-state index contributed by atoms with van der Waals surface area (Å²) in [6.45, 7) is 5.20. The van der Waals surface area contributed by atoms with Gasteiger partial charge in [-0.15, -0.1) is 0 Å². The van der Waals surface area contributed by atoms with Crippen molar-refractivity contribution in [1.29, 1.82) is 0 Å². The van der Waals surface area contributed by atoms with Gasteiger partial charge in [0.25, 0.3) is 0 Å². The third-order valence-electron chi connectivity index (χ3n) is 12.2. The van der Waals surface area contributed by atoms with Gasteiger partial charge in [0, 0.05) is 30.0 Å². The Hall–Kier alpha value is -5.07. The molecule has 5 heterocycles. The van der Waals surface area contributed by atoms with E-state index in [1.54, 1.807) is 0 Å². The number of ether oxygens (including phenoxy) is 1. The van der Waals surface area contributed by atoms with Gasteiger partial charge in [0.05, 0.1) is 37.1 Å². The highest BCUT2D eigenvalue weighted by Crippen LogP contribution is 2.37. The zero-order chi connectivity index (χ0) is 39.6. The summed E-state index contributed by atoms with van der Waals surface area (Å²) in [5.41, 5.74) is 14.0. The molecule has 3 aliphatic heterocycles. The number of carbonyl (C=O) groups is 3. The molecule has 298 valence electrons. The molecule has 4 atom stereocenters. The van der Waals surface area contributed by atoms with Crippen molar-refractivity contribution < 1.29 is 19.1 Å². The Morgan fingerprint density at radius 1 is 0.772 bits per heavy atom. The molecule has 2 aromatic heterocycles. The quantitative estimate of drug-likeness (QED) is 0.112. The number of carbonyl (C=O) groups excluding carboxylic acids is 3. The summed E-state index contributed by atoms with van der Waals surface area (Å²) in [5, 5.41) is 4.97. The van der Waals surface area contributed by atoms with Crippen LogP contribution in [0.1, 0.15) is 76.0 Å². The van der Waals surface area contributed by atoms with Crippen molar-refractivity contribution in [2.75, 3.05) is 31.7 Å². The summed E-state index contributed by atoms with van der Waals surface area (Å²) in [5.74, 6) is 3.10. The summed E-state index contributed by atoms with van der Waals surface area (Å²) < 4.78 is 4.77. The lowest BCUT2D eigenvalue weighted by Crippen LogP contribution is -2.51. The highest BCUT2D eigenvalue weighted by Gasteiger charge is 2.38. The Balaban J connectivity index is 0.932. The maximum Gasteiger partial charge on any atom is 0.407 e. The van der Waals surface area contributed by atoms with Crippen LogP contribution in [-0.4, -0.2) is 86.4 Å². The van der Waals surface area contributed by atoms with Crippen LogP contribution in [0.15, 0.2) is 79.0 Å². The fourth-order valence-corrected chi connectivity index (χ4v) is 10.0. The van der Waals surface area contributed by atoms with Gasteiger partial charge in [-0.2, -0.15) is 11.8 Å². The number of thioether (sulfide) groups is 1. The van der Waals surface area contributed by atoms with E-state index in [0.717, 1.165) is 113 Å². The molecule has 3 saturated heterocycles. The maximum atomic E-state index is 13.6. The molecule has 3 fully saturated rings. The predicted octanol–water partition coefficient (Wildman–Crippen LogP) is 8.07. The zero-order valence-corrected chi connectivity index (χ0v) is 33.8. The van der Waals surface area contributed by atoms with Gasteiger partial charge in [-0.05, 0) is 114 Å². The van der Waals surface area contributed by atoms with E-state index in [0.29, 0.717) is 6.54 Å². The number of fused-ring (bicyclic) bond motifs is 1. The molecular formula is C45H53N7O4S. The minimum atomic E-state index is -0.675. The zero-order valence-electron chi connectivity index (χ0n) is 33.0. The molecule has 8 rings (SSSR count). The lowest BCUT2D eigenvalue weighted by atomic mass is 9.93. The van der Waals surface area contributed by atoms with Crippen LogP contribution in [0.25, 0.3) is 44.4 Å². The number of amides is 3. The second kappa shape index (κ2) is 16.8. The molecule has 5 aromatic rings. The molecular weight excluding hydrogens is 735 g/mol. The Morgan fingerprint density at radius 3 is 2.11 bits per heavy atom. The lowest BCUT2D eigenvalue weighted by Gasteiger charge is -2.32. The number of methoxy groups -OCH3 is 1. The first-order valence-electron chi connectivity index (χ1n) is 20.4. The van der Waals surface area contributed by atoms with E-state index in [9.17, 15) is 14.4 Å². The molecule has 0 unspecified atom stereocenters. The Labute approximate surface area is 338 Å². The van der Waals surface area contributed by atoms with Crippen molar-refractivity contribution in [2.24, 2.45) is 17.6 Å². The number of H-pyrrole nitrogens is 2. The third kappa shape index (κ3) is 8.07. The van der Waals surface area contributed by atoms with Gasteiger partial charge in [0.1, 0.15) is 11.9 Å². The summed E-state index contributed by atoms with van der Waals surface area (Å²) in [6, 6.07) is 24.6. The van der Waals surface area contributed by atoms with Gasteiger partial charge in [-0.25, -0.2) is 9.78 Å². The number of benzene rings is 3. The lowest BCUT2D eigenvalue weighted by molar-refractivity contribution is -0.136. The van der Waals surface area contributed by atoms with Crippen molar-refractivity contribution in [3.63, 3.8) is 0 Å². The van der Waals surface area contributed by atoms with E-state index >= 15 is 0 Å². The number of rotatable bonds is 10. The van der Waals surface area contributed by atoms with Gasteiger partial charge in [0.15, 0.2) is 0 Å². The molecule has 3 aliphatic rings. The van der Waals surface area contributed by atoms with Crippen molar-refractivity contribution in [3.05, 3.63) is 90.5 Å². The molecule has 5 N–H and O–H groups in total. The molecule has 0 saturated carbocycles. The standard InChI is InChI=1S/C45H53N7O4S/c1-27(2)41(50-45(55)56-3)44(54)52-21-5-7-39(52)42-47-26-37(49-42)34-15-14-32-24-31(12-13-33(32)25-34)28-8-10-29(11-9-28)35-16-17-36(48-35)38-6-4-20-51(38)43(53)40(46)30-18-22-57-23-19-30/h8-17,24-27,30,38-41,48H,4-7,18-23,46H2,1-3H3,(H,47,49)(H,50,55)/t38-,39-,40-,41-/m0/s1. The topological polar surface area (TPSA) is 149 Å². The highest BCUT2D eigenvalue weighted by molar-refractivity contribution is 7.99. The monoisotopic (exact) mass is 787 g/mol. The maximum absolute atomic E-state index is 13.6. The van der Waals surface area contributed by atoms with E-state index in [2.05, 4.69) is 88.1 Å². The van der Waals surface area contributed by atoms with Gasteiger partial charge in [-0.1, -0.05) is 62.4 Å². The number of aromatic amines is 2. The number of alkyl carbamates (subject to hydrolysis) is 1. The highest BCUT2D eigenvalue weighted by atomic mass is 32.2. The van der Waals surface area contributed by atoms with Crippen molar-refractivity contribution in [2.45, 2.75) is 76.5 Å². The number of nitrogens with two attached hydrogens (primary N) is 1. The van der Waals surface area contributed by atoms with Gasteiger partial charge in [0.2, 0.25) is 11.8 Å². The van der Waals surface area contributed by atoms with Crippen LogP contribution in [0.2, 0.25) is 0 Å². The first kappa shape index (κ1) is 38.8. The number of aromatic nitrogens is 3. The normalized spacial score (nSPS) is 19.9. The number of nitrogens with zero attached hydrogens (tertiary/aromatic N) is 3. The third-order valence-corrected chi connectivity index (χ3v) is 13.2. The largest absolute Gasteiger partial charge is 0.453 e. The van der Waals surface area contributed by atoms with Crippen LogP contribution in [0.5, 0.6) is 0 Å². The second-order valence-corrected chi connectivity index (χ2v) is 17.3. The second-order valence-electron chi connectivity index (χ2n) is 16.1. The van der Waals surface area contributed by atoms with E-state index in [-0.39, 0.29) is 35.7 Å². The van der Waals surface area contributed by atoms with Crippen LogP contribution in [0, 0.1) is 11.8 Å². The number of imidazole rings is 1. The summed E-state index contributed by atoms with van der Waals surface area (Å²) >= 11 is 1.96. The van der Waals surface area contributed by atoms with Crippen LogP contribution in [-0.2, 0) is 14.3 Å². The van der Waals surface area contributed by atoms with Crippen LogP contribution in [0.3, 0.4) is 0 Å². The van der Waals surface area contributed by atoms with Crippen molar-refractivity contribution in [1.82, 2.24) is 30.1 Å². The SMILES string of the molecule is COC(=O)N[C@H](C(=O)N1CCC[C@H]1c1ncc(-c2ccc3cc(-c4ccc(-c5ccc([C@@H]6CCCN6C(=O)[C@@H](N)C6CCSCC6)[nH]5)cc4)ccc3c2)[nH]1)C(C)C. The van der Waals surface area contributed by atoms with E-state index in [1.807, 2.05) is 41.6 Å². The average molecular weight is 788 g/mol. The number of hydrogen-bond acceptors (Lipinski definition) is 7. The van der Waals surface area contributed by atoms with Gasteiger partial charge >= 0.3 is 6.09 Å². The molecule has 11 nitrogen and oxygen atoms in total. The van der Waals surface area contributed by atoms with Gasteiger partial charge < -0.3 is 35.6 Å². The summed E-state index contributed by atoms with van der Waals surface area (Å²) in [4.78, 5) is 54.8. The van der Waals surface area contributed by atoms with E-state index < -0.39 is 18.2 Å². The van der Waals surface area contributed by atoms with Gasteiger partial charge in [-0.3, -0.25) is 9.59 Å². The number of nitrogens with one attached hydrogen (secondary N) is 3. The minimum absolute atomic E-state index is 0.0390. The smallest absolute Gasteiger partial charge is 0.407 e. The summed E-state index contributed by atoms with van der Waals surface area (Å²) in [7, 11) is 1.30. The molecule has 3 aromatic carbocycles. The summed E-state index contributed by atoms with van der Waals surface area (Å²) in [6.07, 6.45) is 6.88. The van der Waals surface area contributed by atoms with E-state index in [1.165, 1.54) is 7.11 Å². The Morgan fingerprint density at radius 2 is 1.40 bits per heavy atom. The van der Waals surface area contributed by atoms with Crippen LogP contribution in [0.4, 0.5) is 4.79 Å². The fraction of sp³-hybridized carbons (Fsp3) is 0.422. The van der Waals surface area contributed by atoms with Crippen molar-refractivity contribution in [3.8, 4) is 33.6 Å². The number of hydrogen-bond donors (Lipinski definition) is 4. The first-order valence-corrected chi connectivity index (χ1v) is 21.5. The van der Waals surface area contributed by atoms with E-state index in [4.69, 9.17) is 15.5 Å². The molecule has 3 amide bonds. The first-order chi connectivity index (χ1) is 27.7. The Kier molecular flexibility index (Phi) is 11.4. The molecule has 0 radical (unpaired) electrons. The molecule has 12 heteroatoms. The molecule has 0 aliphatic carbocycles. The fourth-order valence-electron chi connectivity index (χ4n) is 8.88. The average Bonchev–Trinajstić information content (AvgIpc) is 4.09. The predicted molar refractivity (Wildman–Crippen MR) is 226 cm³/mol. The van der Waals surface area contributed by atoms with Crippen LogP contribution < -0.4 is 11.1 Å². The van der Waals surface area contributed by atoms with Crippen LogP contribution >= 0.6 is 11.8 Å². The minimum Gasteiger partial charge on any atom is -0.453 e.